The Hall–Kier alpha value is -1.22. The van der Waals surface area contributed by atoms with E-state index in [0.29, 0.717) is 5.75 Å². The van der Waals surface area contributed by atoms with Crippen molar-refractivity contribution in [2.45, 2.75) is 65.3 Å². The van der Waals surface area contributed by atoms with Crippen LogP contribution >= 0.6 is 0 Å². The summed E-state index contributed by atoms with van der Waals surface area (Å²) in [5, 5.41) is 13.0. The largest absolute Gasteiger partial charge is 0.504 e. The number of hydrogen-bond acceptors (Lipinski definition) is 3. The maximum atomic E-state index is 9.55. The molecule has 0 saturated heterocycles. The van der Waals surface area contributed by atoms with Crippen LogP contribution < -0.4 is 10.1 Å². The highest BCUT2D eigenvalue weighted by molar-refractivity contribution is 5.41. The summed E-state index contributed by atoms with van der Waals surface area (Å²) >= 11 is 0. The van der Waals surface area contributed by atoms with Crippen molar-refractivity contribution in [1.82, 2.24) is 5.32 Å². The van der Waals surface area contributed by atoms with Crippen LogP contribution in [0, 0.1) is 5.92 Å². The third kappa shape index (κ3) is 8.28. The van der Waals surface area contributed by atoms with E-state index in [-0.39, 0.29) is 5.75 Å². The van der Waals surface area contributed by atoms with Crippen molar-refractivity contribution >= 4 is 0 Å². The van der Waals surface area contributed by atoms with Crippen LogP contribution in [0.4, 0.5) is 0 Å². The number of nitrogens with one attached hydrogen (secondary N) is 1. The Morgan fingerprint density at radius 2 is 1.73 bits per heavy atom. The fraction of sp³-hybridized carbons (Fsp3) is 0.684. The highest BCUT2D eigenvalue weighted by Gasteiger charge is 2.02. The lowest BCUT2D eigenvalue weighted by Gasteiger charge is -2.08. The van der Waals surface area contributed by atoms with Gasteiger partial charge in [-0.2, -0.15) is 0 Å². The second-order valence-electron chi connectivity index (χ2n) is 6.49. The normalized spacial score (nSPS) is 11.1. The number of hydrogen-bond donors (Lipinski definition) is 2. The van der Waals surface area contributed by atoms with Gasteiger partial charge < -0.3 is 15.2 Å². The van der Waals surface area contributed by atoms with E-state index in [4.69, 9.17) is 4.74 Å². The highest BCUT2D eigenvalue weighted by atomic mass is 16.5. The molecule has 3 nitrogen and oxygen atoms in total. The van der Waals surface area contributed by atoms with Crippen molar-refractivity contribution in [2.75, 3.05) is 13.7 Å². The molecule has 0 aliphatic carbocycles. The zero-order valence-electron chi connectivity index (χ0n) is 14.5. The maximum absolute atomic E-state index is 9.55. The molecule has 0 aliphatic heterocycles. The third-order valence-electron chi connectivity index (χ3n) is 3.96. The molecular formula is C19H33NO2. The smallest absolute Gasteiger partial charge is 0.160 e. The van der Waals surface area contributed by atoms with Crippen molar-refractivity contribution in [3.05, 3.63) is 23.8 Å². The first kappa shape index (κ1) is 18.8. The first-order chi connectivity index (χ1) is 10.6. The molecule has 0 aliphatic rings. The van der Waals surface area contributed by atoms with E-state index >= 15 is 0 Å². The SMILES string of the molecule is COc1cc(CNCCCCCCCCC(C)C)ccc1O. The molecule has 1 aromatic carbocycles. The first-order valence-corrected chi connectivity index (χ1v) is 8.70. The number of phenolic OH excluding ortho intramolecular Hbond substituents is 1. The summed E-state index contributed by atoms with van der Waals surface area (Å²) in [5.41, 5.74) is 1.14. The van der Waals surface area contributed by atoms with Crippen LogP contribution in [0.25, 0.3) is 0 Å². The van der Waals surface area contributed by atoms with Crippen molar-refractivity contribution in [3.63, 3.8) is 0 Å². The molecule has 0 saturated carbocycles. The van der Waals surface area contributed by atoms with Crippen LogP contribution in [0.3, 0.4) is 0 Å². The van der Waals surface area contributed by atoms with Gasteiger partial charge in [0, 0.05) is 6.54 Å². The summed E-state index contributed by atoms with van der Waals surface area (Å²) in [4.78, 5) is 0. The van der Waals surface area contributed by atoms with Crippen LogP contribution in [0.1, 0.15) is 64.4 Å². The van der Waals surface area contributed by atoms with Crippen molar-refractivity contribution in [2.24, 2.45) is 5.92 Å². The average molecular weight is 307 g/mol. The van der Waals surface area contributed by atoms with E-state index in [9.17, 15) is 5.11 Å². The molecule has 126 valence electrons. The minimum Gasteiger partial charge on any atom is -0.504 e. The quantitative estimate of drug-likeness (QED) is 0.541. The summed E-state index contributed by atoms with van der Waals surface area (Å²) in [6.07, 6.45) is 9.43. The second kappa shape index (κ2) is 11.4. The van der Waals surface area contributed by atoms with Gasteiger partial charge >= 0.3 is 0 Å². The third-order valence-corrected chi connectivity index (χ3v) is 3.96. The Bertz CT molecular complexity index is 404. The fourth-order valence-electron chi connectivity index (χ4n) is 2.57. The number of unbranched alkanes of at least 4 members (excludes halogenated alkanes) is 5. The topological polar surface area (TPSA) is 41.5 Å². The monoisotopic (exact) mass is 307 g/mol. The van der Waals surface area contributed by atoms with Gasteiger partial charge in [-0.3, -0.25) is 0 Å². The summed E-state index contributed by atoms with van der Waals surface area (Å²) in [7, 11) is 1.58. The number of rotatable bonds is 12. The number of phenols is 1. The van der Waals surface area contributed by atoms with Crippen LogP contribution in [0.2, 0.25) is 0 Å². The van der Waals surface area contributed by atoms with E-state index in [1.807, 2.05) is 12.1 Å². The molecule has 0 spiro atoms. The molecule has 2 N–H and O–H groups in total. The van der Waals surface area contributed by atoms with Crippen LogP contribution in [-0.4, -0.2) is 18.8 Å². The van der Waals surface area contributed by atoms with Crippen molar-refractivity contribution in [1.29, 1.82) is 0 Å². The van der Waals surface area contributed by atoms with Crippen molar-refractivity contribution in [3.8, 4) is 11.5 Å². The van der Waals surface area contributed by atoms with Gasteiger partial charge in [-0.15, -0.1) is 0 Å². The van der Waals surface area contributed by atoms with Crippen LogP contribution in [0.5, 0.6) is 11.5 Å². The highest BCUT2D eigenvalue weighted by Crippen LogP contribution is 2.26. The molecule has 0 bridgehead atoms. The lowest BCUT2D eigenvalue weighted by molar-refractivity contribution is 0.372. The Labute approximate surface area is 136 Å². The van der Waals surface area contributed by atoms with Crippen LogP contribution in [-0.2, 0) is 6.54 Å². The van der Waals surface area contributed by atoms with E-state index in [1.54, 1.807) is 13.2 Å². The number of benzene rings is 1. The van der Waals surface area contributed by atoms with E-state index in [2.05, 4.69) is 19.2 Å². The predicted molar refractivity (Wildman–Crippen MR) is 93.5 cm³/mol. The Balaban J connectivity index is 1.99. The van der Waals surface area contributed by atoms with Gasteiger partial charge in [-0.25, -0.2) is 0 Å². The zero-order chi connectivity index (χ0) is 16.2. The van der Waals surface area contributed by atoms with Gasteiger partial charge in [0.05, 0.1) is 7.11 Å². The minimum absolute atomic E-state index is 0.198. The summed E-state index contributed by atoms with van der Waals surface area (Å²) in [6.45, 7) is 6.48. The molecule has 0 heterocycles. The Morgan fingerprint density at radius 3 is 2.41 bits per heavy atom. The molecule has 3 heteroatoms. The lowest BCUT2D eigenvalue weighted by atomic mass is 10.0. The molecule has 0 radical (unpaired) electrons. The molecule has 0 unspecified atom stereocenters. The zero-order valence-corrected chi connectivity index (χ0v) is 14.5. The maximum Gasteiger partial charge on any atom is 0.160 e. The van der Waals surface area contributed by atoms with Gasteiger partial charge in [-0.05, 0) is 36.6 Å². The van der Waals surface area contributed by atoms with Gasteiger partial charge in [0.1, 0.15) is 0 Å². The molecular weight excluding hydrogens is 274 g/mol. The molecule has 1 rings (SSSR count). The summed E-state index contributed by atoms with van der Waals surface area (Å²) in [6, 6.07) is 5.50. The summed E-state index contributed by atoms with van der Waals surface area (Å²) in [5.74, 6) is 1.59. The second-order valence-corrected chi connectivity index (χ2v) is 6.49. The van der Waals surface area contributed by atoms with Crippen LogP contribution in [0.15, 0.2) is 18.2 Å². The number of ether oxygens (including phenoxy) is 1. The molecule has 1 aromatic rings. The summed E-state index contributed by atoms with van der Waals surface area (Å²) < 4.78 is 5.11. The Morgan fingerprint density at radius 1 is 1.05 bits per heavy atom. The average Bonchev–Trinajstić information content (AvgIpc) is 2.50. The first-order valence-electron chi connectivity index (χ1n) is 8.70. The standard InChI is InChI=1S/C19H33NO2/c1-16(2)10-8-6-4-5-7-9-13-20-15-17-11-12-18(21)19(14-17)22-3/h11-12,14,16,20-21H,4-10,13,15H2,1-3H3. The Kier molecular flexibility index (Phi) is 9.72. The van der Waals surface area contributed by atoms with Gasteiger partial charge in [-0.1, -0.05) is 58.4 Å². The van der Waals surface area contributed by atoms with Gasteiger partial charge in [0.2, 0.25) is 0 Å². The number of methoxy groups -OCH3 is 1. The molecule has 22 heavy (non-hydrogen) atoms. The number of aromatic hydroxyl groups is 1. The molecule has 0 amide bonds. The van der Waals surface area contributed by atoms with E-state index < -0.39 is 0 Å². The molecule has 0 atom stereocenters. The van der Waals surface area contributed by atoms with Gasteiger partial charge in [0.25, 0.3) is 0 Å². The van der Waals surface area contributed by atoms with E-state index in [1.165, 1.54) is 44.9 Å². The van der Waals surface area contributed by atoms with E-state index in [0.717, 1.165) is 24.6 Å². The molecule has 0 aromatic heterocycles. The lowest BCUT2D eigenvalue weighted by Crippen LogP contribution is -2.14. The fourth-order valence-corrected chi connectivity index (χ4v) is 2.57. The molecule has 0 fully saturated rings. The van der Waals surface area contributed by atoms with Gasteiger partial charge in [0.15, 0.2) is 11.5 Å². The predicted octanol–water partition coefficient (Wildman–Crippen LogP) is 4.88. The minimum atomic E-state index is 0.198. The van der Waals surface area contributed by atoms with Crippen molar-refractivity contribution < 1.29 is 9.84 Å².